The molecule has 1 aromatic rings. The van der Waals surface area contributed by atoms with Crippen LogP contribution >= 0.6 is 0 Å². The highest BCUT2D eigenvalue weighted by Crippen LogP contribution is 2.13. The number of rotatable bonds is 4. The Bertz CT molecular complexity index is 434. The van der Waals surface area contributed by atoms with E-state index in [9.17, 15) is 13.2 Å². The standard InChI is InChI=1S/C11H14O3S/c1-9(10(2)12)8-15(13,14)11-6-4-3-5-7-11/h3-7,9H,8H2,1-2H3/t9-/m0/s1. The lowest BCUT2D eigenvalue weighted by Gasteiger charge is -2.08. The average Bonchev–Trinajstić information content (AvgIpc) is 2.18. The molecule has 0 heterocycles. The first kappa shape index (κ1) is 11.9. The van der Waals surface area contributed by atoms with Crippen LogP contribution in [-0.4, -0.2) is 20.0 Å². The van der Waals surface area contributed by atoms with Crippen molar-refractivity contribution in [2.24, 2.45) is 5.92 Å². The van der Waals surface area contributed by atoms with E-state index in [1.807, 2.05) is 0 Å². The van der Waals surface area contributed by atoms with Crippen molar-refractivity contribution in [2.75, 3.05) is 5.75 Å². The highest BCUT2D eigenvalue weighted by Gasteiger charge is 2.20. The van der Waals surface area contributed by atoms with Crippen molar-refractivity contribution in [1.82, 2.24) is 0 Å². The zero-order chi connectivity index (χ0) is 11.5. The van der Waals surface area contributed by atoms with Gasteiger partial charge in [0.1, 0.15) is 5.78 Å². The Morgan fingerprint density at radius 3 is 2.27 bits per heavy atom. The molecule has 82 valence electrons. The molecule has 4 heteroatoms. The van der Waals surface area contributed by atoms with Gasteiger partial charge in [-0.3, -0.25) is 4.79 Å². The number of hydrogen-bond acceptors (Lipinski definition) is 3. The van der Waals surface area contributed by atoms with Gasteiger partial charge in [0.05, 0.1) is 10.6 Å². The van der Waals surface area contributed by atoms with E-state index in [1.54, 1.807) is 37.3 Å². The fourth-order valence-corrected chi connectivity index (χ4v) is 2.83. The number of sulfone groups is 1. The van der Waals surface area contributed by atoms with E-state index < -0.39 is 15.8 Å². The van der Waals surface area contributed by atoms with E-state index in [4.69, 9.17) is 0 Å². The molecule has 0 bridgehead atoms. The molecule has 3 nitrogen and oxygen atoms in total. The van der Waals surface area contributed by atoms with Crippen LogP contribution in [0.15, 0.2) is 35.2 Å². The summed E-state index contributed by atoms with van der Waals surface area (Å²) in [7, 11) is -3.33. The van der Waals surface area contributed by atoms with Gasteiger partial charge in [0.2, 0.25) is 0 Å². The molecule has 0 N–H and O–H groups in total. The molecule has 0 saturated heterocycles. The van der Waals surface area contributed by atoms with Crippen LogP contribution in [0.25, 0.3) is 0 Å². The molecule has 0 unspecified atom stereocenters. The summed E-state index contributed by atoms with van der Waals surface area (Å²) in [6.07, 6.45) is 0. The lowest BCUT2D eigenvalue weighted by atomic mass is 10.1. The van der Waals surface area contributed by atoms with Crippen LogP contribution in [0, 0.1) is 5.92 Å². The lowest BCUT2D eigenvalue weighted by Crippen LogP contribution is -2.19. The molecule has 1 rings (SSSR count). The summed E-state index contributed by atoms with van der Waals surface area (Å²) in [6.45, 7) is 3.04. The smallest absolute Gasteiger partial charge is 0.179 e. The lowest BCUT2D eigenvalue weighted by molar-refractivity contribution is -0.119. The van der Waals surface area contributed by atoms with Crippen LogP contribution in [0.5, 0.6) is 0 Å². The molecule has 0 aliphatic carbocycles. The summed E-state index contributed by atoms with van der Waals surface area (Å²) in [5, 5.41) is 0. The summed E-state index contributed by atoms with van der Waals surface area (Å²) in [4.78, 5) is 11.3. The third kappa shape index (κ3) is 3.16. The summed E-state index contributed by atoms with van der Waals surface area (Å²) in [5.41, 5.74) is 0. The van der Waals surface area contributed by atoms with Gasteiger partial charge in [-0.15, -0.1) is 0 Å². The monoisotopic (exact) mass is 226 g/mol. The number of ketones is 1. The van der Waals surface area contributed by atoms with Crippen molar-refractivity contribution in [1.29, 1.82) is 0 Å². The third-order valence-electron chi connectivity index (χ3n) is 2.27. The normalized spacial score (nSPS) is 13.5. The number of carbonyl (C=O) groups is 1. The summed E-state index contributed by atoms with van der Waals surface area (Å²) in [6, 6.07) is 8.19. The van der Waals surface area contributed by atoms with Crippen molar-refractivity contribution in [3.8, 4) is 0 Å². The van der Waals surface area contributed by atoms with Gasteiger partial charge in [-0.1, -0.05) is 25.1 Å². The average molecular weight is 226 g/mol. The molecule has 0 spiro atoms. The molecule has 15 heavy (non-hydrogen) atoms. The number of benzene rings is 1. The van der Waals surface area contributed by atoms with E-state index in [0.29, 0.717) is 0 Å². The first-order valence-electron chi connectivity index (χ1n) is 4.72. The van der Waals surface area contributed by atoms with E-state index in [2.05, 4.69) is 0 Å². The summed E-state index contributed by atoms with van der Waals surface area (Å²) in [5.74, 6) is -0.670. The van der Waals surface area contributed by atoms with Crippen molar-refractivity contribution in [2.45, 2.75) is 18.7 Å². The molecule has 0 radical (unpaired) electrons. The largest absolute Gasteiger partial charge is 0.300 e. The predicted molar refractivity (Wildman–Crippen MR) is 58.3 cm³/mol. The van der Waals surface area contributed by atoms with Crippen LogP contribution in [0.1, 0.15) is 13.8 Å². The molecule has 0 aromatic heterocycles. The van der Waals surface area contributed by atoms with Gasteiger partial charge in [0, 0.05) is 5.92 Å². The van der Waals surface area contributed by atoms with E-state index >= 15 is 0 Å². The van der Waals surface area contributed by atoms with Gasteiger partial charge in [-0.2, -0.15) is 0 Å². The van der Waals surface area contributed by atoms with E-state index in [0.717, 1.165) is 0 Å². The van der Waals surface area contributed by atoms with Crippen LogP contribution in [0.2, 0.25) is 0 Å². The van der Waals surface area contributed by atoms with Crippen LogP contribution in [0.3, 0.4) is 0 Å². The maximum absolute atomic E-state index is 11.8. The van der Waals surface area contributed by atoms with Gasteiger partial charge >= 0.3 is 0 Å². The molecular weight excluding hydrogens is 212 g/mol. The molecular formula is C11H14O3S. The fraction of sp³-hybridized carbons (Fsp3) is 0.364. The topological polar surface area (TPSA) is 51.2 Å². The van der Waals surface area contributed by atoms with E-state index in [-0.39, 0.29) is 16.4 Å². The molecule has 0 amide bonds. The van der Waals surface area contributed by atoms with Gasteiger partial charge in [0.15, 0.2) is 9.84 Å². The highest BCUT2D eigenvalue weighted by atomic mass is 32.2. The maximum atomic E-state index is 11.8. The Balaban J connectivity index is 2.91. The zero-order valence-electron chi connectivity index (χ0n) is 8.80. The van der Waals surface area contributed by atoms with Crippen molar-refractivity contribution >= 4 is 15.6 Å². The molecule has 1 aromatic carbocycles. The second kappa shape index (κ2) is 4.57. The number of carbonyl (C=O) groups excluding carboxylic acids is 1. The summed E-state index contributed by atoms with van der Waals surface area (Å²) >= 11 is 0. The Kier molecular flexibility index (Phi) is 3.63. The maximum Gasteiger partial charge on any atom is 0.179 e. The fourth-order valence-electron chi connectivity index (χ4n) is 1.17. The highest BCUT2D eigenvalue weighted by molar-refractivity contribution is 7.91. The van der Waals surface area contributed by atoms with Gasteiger partial charge in [-0.05, 0) is 19.1 Å². The Morgan fingerprint density at radius 2 is 1.80 bits per heavy atom. The minimum absolute atomic E-state index is 0.102. The predicted octanol–water partition coefficient (Wildman–Crippen LogP) is 1.69. The summed E-state index contributed by atoms with van der Waals surface area (Å²) < 4.78 is 23.6. The Labute approximate surface area is 90.0 Å². The number of Topliss-reactive ketones (excluding diaryl/α,β-unsaturated/α-hetero) is 1. The minimum atomic E-state index is -3.33. The SMILES string of the molecule is CC(=O)[C@@H](C)CS(=O)(=O)c1ccccc1. The Morgan fingerprint density at radius 1 is 1.27 bits per heavy atom. The Hall–Kier alpha value is -1.16. The quantitative estimate of drug-likeness (QED) is 0.785. The molecule has 1 atom stereocenters. The van der Waals surface area contributed by atoms with Crippen molar-refractivity contribution in [3.05, 3.63) is 30.3 Å². The van der Waals surface area contributed by atoms with E-state index in [1.165, 1.54) is 6.92 Å². The molecule has 0 fully saturated rings. The van der Waals surface area contributed by atoms with Crippen molar-refractivity contribution in [3.63, 3.8) is 0 Å². The first-order chi connectivity index (χ1) is 6.93. The van der Waals surface area contributed by atoms with Gasteiger partial charge < -0.3 is 0 Å². The van der Waals surface area contributed by atoms with Crippen LogP contribution < -0.4 is 0 Å². The second-order valence-corrected chi connectivity index (χ2v) is 5.64. The number of hydrogen-bond donors (Lipinski definition) is 0. The second-order valence-electron chi connectivity index (χ2n) is 3.61. The molecule has 0 aliphatic heterocycles. The molecule has 0 aliphatic rings. The van der Waals surface area contributed by atoms with Crippen LogP contribution in [0.4, 0.5) is 0 Å². The minimum Gasteiger partial charge on any atom is -0.300 e. The van der Waals surface area contributed by atoms with Crippen LogP contribution in [-0.2, 0) is 14.6 Å². The van der Waals surface area contributed by atoms with Crippen molar-refractivity contribution < 1.29 is 13.2 Å². The van der Waals surface area contributed by atoms with Gasteiger partial charge in [0.25, 0.3) is 0 Å². The third-order valence-corrected chi connectivity index (χ3v) is 4.19. The first-order valence-corrected chi connectivity index (χ1v) is 6.37. The molecule has 0 saturated carbocycles. The zero-order valence-corrected chi connectivity index (χ0v) is 9.62. The van der Waals surface area contributed by atoms with Gasteiger partial charge in [-0.25, -0.2) is 8.42 Å².